The predicted octanol–water partition coefficient (Wildman–Crippen LogP) is 3.70. The molecule has 1 saturated heterocycles. The van der Waals surface area contributed by atoms with E-state index in [0.29, 0.717) is 0 Å². The standard InChI is InChI=1S/C17H27FN2S/c1-2-9-19-17(15-6-3-4-7-16(15)18)8-11-20-10-5-13-21-14-12-20/h3-4,6-7,17,19H,2,5,8-14H2,1H3. The molecule has 2 rings (SSSR count). The van der Waals surface area contributed by atoms with Crippen molar-refractivity contribution in [2.45, 2.75) is 32.2 Å². The zero-order valence-corrected chi connectivity index (χ0v) is 13.8. The van der Waals surface area contributed by atoms with Gasteiger partial charge in [0.15, 0.2) is 0 Å². The Labute approximate surface area is 132 Å². The molecule has 0 aliphatic carbocycles. The molecule has 21 heavy (non-hydrogen) atoms. The lowest BCUT2D eigenvalue weighted by atomic mass is 10.0. The van der Waals surface area contributed by atoms with E-state index in [0.717, 1.165) is 31.5 Å². The van der Waals surface area contributed by atoms with Crippen molar-refractivity contribution in [1.82, 2.24) is 10.2 Å². The third-order valence-electron chi connectivity index (χ3n) is 3.97. The Bertz CT molecular complexity index is 406. The third kappa shape index (κ3) is 5.61. The summed E-state index contributed by atoms with van der Waals surface area (Å²) >= 11 is 2.05. The van der Waals surface area contributed by atoms with Crippen LogP contribution in [0.3, 0.4) is 0 Å². The first kappa shape index (κ1) is 16.8. The predicted molar refractivity (Wildman–Crippen MR) is 90.4 cm³/mol. The molecule has 0 amide bonds. The van der Waals surface area contributed by atoms with E-state index in [1.54, 1.807) is 12.1 Å². The maximum Gasteiger partial charge on any atom is 0.127 e. The minimum absolute atomic E-state index is 0.0856. The van der Waals surface area contributed by atoms with Crippen LogP contribution in [0.2, 0.25) is 0 Å². The molecule has 1 aliphatic rings. The van der Waals surface area contributed by atoms with E-state index in [-0.39, 0.29) is 11.9 Å². The first-order chi connectivity index (χ1) is 10.3. The van der Waals surface area contributed by atoms with Crippen molar-refractivity contribution in [3.8, 4) is 0 Å². The first-order valence-corrected chi connectivity index (χ1v) is 9.24. The second-order valence-corrected chi connectivity index (χ2v) is 6.85. The molecule has 1 atom stereocenters. The topological polar surface area (TPSA) is 15.3 Å². The highest BCUT2D eigenvalue weighted by Crippen LogP contribution is 2.21. The molecule has 1 aromatic carbocycles. The average Bonchev–Trinajstić information content (AvgIpc) is 2.77. The highest BCUT2D eigenvalue weighted by atomic mass is 32.2. The zero-order valence-electron chi connectivity index (χ0n) is 13.0. The summed E-state index contributed by atoms with van der Waals surface area (Å²) in [7, 11) is 0. The molecular formula is C17H27FN2S. The lowest BCUT2D eigenvalue weighted by Crippen LogP contribution is -2.31. The summed E-state index contributed by atoms with van der Waals surface area (Å²) in [6.07, 6.45) is 3.33. The van der Waals surface area contributed by atoms with Crippen LogP contribution < -0.4 is 5.32 Å². The highest BCUT2D eigenvalue weighted by Gasteiger charge is 2.17. The number of nitrogens with one attached hydrogen (secondary N) is 1. The van der Waals surface area contributed by atoms with E-state index in [1.165, 1.54) is 31.0 Å². The van der Waals surface area contributed by atoms with Crippen molar-refractivity contribution in [1.29, 1.82) is 0 Å². The molecule has 0 bridgehead atoms. The smallest absolute Gasteiger partial charge is 0.127 e. The van der Waals surface area contributed by atoms with Crippen molar-refractivity contribution in [3.63, 3.8) is 0 Å². The van der Waals surface area contributed by atoms with Crippen molar-refractivity contribution >= 4 is 11.8 Å². The van der Waals surface area contributed by atoms with Crippen LogP contribution in [0.5, 0.6) is 0 Å². The van der Waals surface area contributed by atoms with Crippen LogP contribution in [-0.2, 0) is 0 Å². The van der Waals surface area contributed by atoms with Crippen molar-refractivity contribution < 1.29 is 4.39 Å². The van der Waals surface area contributed by atoms with Gasteiger partial charge in [0.2, 0.25) is 0 Å². The largest absolute Gasteiger partial charge is 0.310 e. The highest BCUT2D eigenvalue weighted by molar-refractivity contribution is 7.99. The fraction of sp³-hybridized carbons (Fsp3) is 0.647. The van der Waals surface area contributed by atoms with Crippen molar-refractivity contribution in [2.24, 2.45) is 0 Å². The Morgan fingerprint density at radius 1 is 1.29 bits per heavy atom. The number of benzene rings is 1. The van der Waals surface area contributed by atoms with Crippen LogP contribution in [0.4, 0.5) is 4.39 Å². The van der Waals surface area contributed by atoms with Gasteiger partial charge in [0.05, 0.1) is 0 Å². The first-order valence-electron chi connectivity index (χ1n) is 8.09. The van der Waals surface area contributed by atoms with Crippen LogP contribution in [0.25, 0.3) is 0 Å². The summed E-state index contributed by atoms with van der Waals surface area (Å²) in [5, 5.41) is 3.51. The monoisotopic (exact) mass is 310 g/mol. The zero-order chi connectivity index (χ0) is 14.9. The second-order valence-electron chi connectivity index (χ2n) is 5.62. The van der Waals surface area contributed by atoms with E-state index in [4.69, 9.17) is 0 Å². The molecule has 4 heteroatoms. The number of halogens is 1. The van der Waals surface area contributed by atoms with Gasteiger partial charge in [-0.2, -0.15) is 11.8 Å². The van der Waals surface area contributed by atoms with Gasteiger partial charge in [-0.1, -0.05) is 25.1 Å². The van der Waals surface area contributed by atoms with Crippen LogP contribution in [0, 0.1) is 5.82 Å². The van der Waals surface area contributed by atoms with Gasteiger partial charge in [0.1, 0.15) is 5.82 Å². The number of hydrogen-bond acceptors (Lipinski definition) is 3. The molecule has 2 nitrogen and oxygen atoms in total. The SMILES string of the molecule is CCCNC(CCN1CCCSCC1)c1ccccc1F. The molecule has 0 spiro atoms. The van der Waals surface area contributed by atoms with E-state index >= 15 is 0 Å². The van der Waals surface area contributed by atoms with Gasteiger partial charge in [0, 0.05) is 23.9 Å². The van der Waals surface area contributed by atoms with Gasteiger partial charge in [-0.25, -0.2) is 4.39 Å². The average molecular weight is 310 g/mol. The van der Waals surface area contributed by atoms with Crippen LogP contribution >= 0.6 is 11.8 Å². The molecule has 0 radical (unpaired) electrons. The number of thioether (sulfide) groups is 1. The van der Waals surface area contributed by atoms with Gasteiger partial charge >= 0.3 is 0 Å². The molecule has 0 saturated carbocycles. The Kier molecular flexibility index (Phi) is 7.54. The summed E-state index contributed by atoms with van der Waals surface area (Å²) in [5.41, 5.74) is 0.815. The minimum Gasteiger partial charge on any atom is -0.310 e. The van der Waals surface area contributed by atoms with E-state index in [2.05, 4.69) is 17.1 Å². The summed E-state index contributed by atoms with van der Waals surface area (Å²) < 4.78 is 14.0. The van der Waals surface area contributed by atoms with Gasteiger partial charge in [-0.15, -0.1) is 0 Å². The van der Waals surface area contributed by atoms with Crippen LogP contribution in [0.1, 0.15) is 37.8 Å². The third-order valence-corrected chi connectivity index (χ3v) is 5.02. The van der Waals surface area contributed by atoms with Gasteiger partial charge in [0.25, 0.3) is 0 Å². The van der Waals surface area contributed by atoms with Crippen molar-refractivity contribution in [2.75, 3.05) is 37.7 Å². The molecule has 118 valence electrons. The Morgan fingerprint density at radius 3 is 2.95 bits per heavy atom. The number of hydrogen-bond donors (Lipinski definition) is 1. The van der Waals surface area contributed by atoms with Gasteiger partial charge in [-0.3, -0.25) is 0 Å². The number of nitrogens with zero attached hydrogens (tertiary/aromatic N) is 1. The lowest BCUT2D eigenvalue weighted by molar-refractivity contribution is 0.273. The summed E-state index contributed by atoms with van der Waals surface area (Å²) in [5.74, 6) is 2.42. The maximum absolute atomic E-state index is 14.0. The van der Waals surface area contributed by atoms with Gasteiger partial charge < -0.3 is 10.2 Å². The van der Waals surface area contributed by atoms with Crippen LogP contribution in [0.15, 0.2) is 24.3 Å². The fourth-order valence-electron chi connectivity index (χ4n) is 2.78. The quantitative estimate of drug-likeness (QED) is 0.827. The minimum atomic E-state index is -0.0856. The molecule has 1 heterocycles. The normalized spacial score (nSPS) is 18.4. The summed E-state index contributed by atoms with van der Waals surface area (Å²) in [6, 6.07) is 7.31. The summed E-state index contributed by atoms with van der Waals surface area (Å²) in [6.45, 7) is 6.50. The Morgan fingerprint density at radius 2 is 2.14 bits per heavy atom. The van der Waals surface area contributed by atoms with Gasteiger partial charge in [-0.05, 0) is 50.7 Å². The van der Waals surface area contributed by atoms with E-state index in [1.807, 2.05) is 23.9 Å². The molecule has 1 aromatic rings. The second kappa shape index (κ2) is 9.44. The molecule has 1 N–H and O–H groups in total. The van der Waals surface area contributed by atoms with E-state index < -0.39 is 0 Å². The Balaban J connectivity index is 1.94. The molecule has 1 aliphatic heterocycles. The fourth-order valence-corrected chi connectivity index (χ4v) is 3.70. The maximum atomic E-state index is 14.0. The molecular weight excluding hydrogens is 283 g/mol. The Hall–Kier alpha value is -0.580. The summed E-state index contributed by atoms with van der Waals surface area (Å²) in [4.78, 5) is 2.53. The number of rotatable bonds is 7. The lowest BCUT2D eigenvalue weighted by Gasteiger charge is -2.25. The van der Waals surface area contributed by atoms with Crippen LogP contribution in [-0.4, -0.2) is 42.6 Å². The molecule has 0 aromatic heterocycles. The molecule has 1 fully saturated rings. The van der Waals surface area contributed by atoms with Crippen molar-refractivity contribution in [3.05, 3.63) is 35.6 Å². The molecule has 1 unspecified atom stereocenters. The van der Waals surface area contributed by atoms with E-state index in [9.17, 15) is 4.39 Å².